The Bertz CT molecular complexity index is 1030. The molecule has 0 fully saturated rings. The van der Waals surface area contributed by atoms with Gasteiger partial charge in [-0.2, -0.15) is 0 Å². The molecule has 0 bridgehead atoms. The maximum absolute atomic E-state index is 12.8. The van der Waals surface area contributed by atoms with Crippen LogP contribution in [-0.2, 0) is 27.5 Å². The Hall–Kier alpha value is -2.29. The second-order valence-corrected chi connectivity index (χ2v) is 13.7. The molecule has 0 aliphatic rings. The fourth-order valence-corrected chi connectivity index (χ4v) is 4.77. The predicted octanol–water partition coefficient (Wildman–Crippen LogP) is 8.86. The van der Waals surface area contributed by atoms with Crippen LogP contribution in [0.15, 0.2) is 42.5 Å². The van der Waals surface area contributed by atoms with Gasteiger partial charge in [0.05, 0.1) is 6.61 Å². The number of ether oxygens (including phenoxy) is 1. The van der Waals surface area contributed by atoms with Gasteiger partial charge in [-0.3, -0.25) is 4.79 Å². The van der Waals surface area contributed by atoms with Gasteiger partial charge in [0.15, 0.2) is 0 Å². The molecule has 0 saturated heterocycles. The van der Waals surface area contributed by atoms with E-state index in [1.54, 1.807) is 0 Å². The molecule has 0 heterocycles. The molecular formula is C35H55NO2. The summed E-state index contributed by atoms with van der Waals surface area (Å²) in [5.74, 6) is 1.56. The predicted molar refractivity (Wildman–Crippen MR) is 163 cm³/mol. The minimum Gasteiger partial charge on any atom is -0.493 e. The van der Waals surface area contributed by atoms with E-state index in [0.717, 1.165) is 38.0 Å². The maximum Gasteiger partial charge on any atom is 0.222 e. The summed E-state index contributed by atoms with van der Waals surface area (Å²) in [6, 6.07) is 15.7. The van der Waals surface area contributed by atoms with Gasteiger partial charge in [0.25, 0.3) is 0 Å². The molecule has 3 nitrogen and oxygen atoms in total. The van der Waals surface area contributed by atoms with E-state index >= 15 is 0 Å². The van der Waals surface area contributed by atoms with Crippen molar-refractivity contribution < 1.29 is 9.53 Å². The molecule has 1 amide bonds. The number of hydrogen-bond donors (Lipinski definition) is 0. The lowest BCUT2D eigenvalue weighted by Gasteiger charge is -2.30. The topological polar surface area (TPSA) is 29.5 Å². The van der Waals surface area contributed by atoms with Crippen molar-refractivity contribution in [3.63, 3.8) is 0 Å². The van der Waals surface area contributed by atoms with E-state index in [1.165, 1.54) is 22.3 Å². The third-order valence-electron chi connectivity index (χ3n) is 8.47. The van der Waals surface area contributed by atoms with Gasteiger partial charge in [-0.05, 0) is 70.6 Å². The van der Waals surface area contributed by atoms with E-state index in [-0.39, 0.29) is 22.2 Å². The van der Waals surface area contributed by atoms with Crippen molar-refractivity contribution in [3.8, 4) is 5.75 Å². The first-order valence-corrected chi connectivity index (χ1v) is 14.7. The Morgan fingerprint density at radius 3 is 2.00 bits per heavy atom. The molecule has 0 N–H and O–H groups in total. The van der Waals surface area contributed by atoms with Crippen LogP contribution in [0.5, 0.6) is 5.75 Å². The van der Waals surface area contributed by atoms with Crippen LogP contribution in [0.4, 0.5) is 0 Å². The van der Waals surface area contributed by atoms with Crippen molar-refractivity contribution in [2.45, 2.75) is 118 Å². The normalized spacial score (nSPS) is 13.3. The molecule has 3 heteroatoms. The van der Waals surface area contributed by atoms with E-state index in [9.17, 15) is 4.79 Å². The van der Waals surface area contributed by atoms with Gasteiger partial charge in [-0.15, -0.1) is 0 Å². The summed E-state index contributed by atoms with van der Waals surface area (Å²) < 4.78 is 6.28. The van der Waals surface area contributed by atoms with Crippen LogP contribution in [0.1, 0.15) is 117 Å². The molecule has 0 aromatic heterocycles. The molecule has 1 unspecified atom stereocenters. The number of rotatable bonds is 13. The van der Waals surface area contributed by atoms with E-state index in [2.05, 4.69) is 112 Å². The first-order chi connectivity index (χ1) is 17.6. The number of amides is 1. The summed E-state index contributed by atoms with van der Waals surface area (Å²) in [6.45, 7) is 23.9. The number of carbonyl (C=O) groups excluding carboxylic acids is 1. The lowest BCUT2D eigenvalue weighted by Crippen LogP contribution is -2.31. The average molecular weight is 522 g/mol. The number of carbonyl (C=O) groups is 1. The molecule has 0 spiro atoms. The molecule has 0 saturated carbocycles. The lowest BCUT2D eigenvalue weighted by atomic mass is 9.76. The average Bonchev–Trinajstić information content (AvgIpc) is 2.86. The third kappa shape index (κ3) is 8.89. The second-order valence-electron chi connectivity index (χ2n) is 13.7. The molecule has 2 aromatic carbocycles. The molecule has 38 heavy (non-hydrogen) atoms. The summed E-state index contributed by atoms with van der Waals surface area (Å²) in [7, 11) is 1.93. The first-order valence-electron chi connectivity index (χ1n) is 14.7. The highest BCUT2D eigenvalue weighted by Gasteiger charge is 2.26. The van der Waals surface area contributed by atoms with Gasteiger partial charge in [0.2, 0.25) is 5.91 Å². The van der Waals surface area contributed by atoms with Crippen molar-refractivity contribution in [1.29, 1.82) is 0 Å². The smallest absolute Gasteiger partial charge is 0.222 e. The molecule has 0 aliphatic carbocycles. The Kier molecular flexibility index (Phi) is 11.1. The van der Waals surface area contributed by atoms with Gasteiger partial charge < -0.3 is 9.64 Å². The quantitative estimate of drug-likeness (QED) is 0.246. The van der Waals surface area contributed by atoms with E-state index < -0.39 is 0 Å². The molecule has 0 radical (unpaired) electrons. The largest absolute Gasteiger partial charge is 0.493 e. The maximum atomic E-state index is 12.8. The van der Waals surface area contributed by atoms with Gasteiger partial charge in [-0.25, -0.2) is 0 Å². The molecule has 0 aliphatic heterocycles. The summed E-state index contributed by atoms with van der Waals surface area (Å²) in [4.78, 5) is 14.7. The molecule has 2 rings (SSSR count). The Labute approximate surface area is 234 Å². The van der Waals surface area contributed by atoms with Crippen LogP contribution < -0.4 is 4.74 Å². The van der Waals surface area contributed by atoms with Crippen molar-refractivity contribution >= 4 is 5.91 Å². The summed E-state index contributed by atoms with van der Waals surface area (Å²) in [5.41, 5.74) is 5.67. The highest BCUT2D eigenvalue weighted by Crippen LogP contribution is 2.38. The van der Waals surface area contributed by atoms with Gasteiger partial charge in [-0.1, -0.05) is 106 Å². The second kappa shape index (κ2) is 13.2. The van der Waals surface area contributed by atoms with Gasteiger partial charge in [0.1, 0.15) is 5.75 Å². The van der Waals surface area contributed by atoms with E-state index in [0.29, 0.717) is 18.9 Å². The molecule has 212 valence electrons. The number of hydrogen-bond acceptors (Lipinski definition) is 2. The highest BCUT2D eigenvalue weighted by atomic mass is 16.5. The molecular weight excluding hydrogens is 466 g/mol. The van der Waals surface area contributed by atoms with Crippen molar-refractivity contribution in [2.24, 2.45) is 5.92 Å². The summed E-state index contributed by atoms with van der Waals surface area (Å²) in [5, 5.41) is 0. The van der Waals surface area contributed by atoms with Gasteiger partial charge in [0, 0.05) is 25.6 Å². The van der Waals surface area contributed by atoms with E-state index in [1.807, 2.05) is 11.9 Å². The van der Waals surface area contributed by atoms with Crippen LogP contribution in [0.2, 0.25) is 0 Å². The molecule has 1 atom stereocenters. The van der Waals surface area contributed by atoms with Crippen LogP contribution in [0.25, 0.3) is 0 Å². The zero-order chi connectivity index (χ0) is 28.7. The Balaban J connectivity index is 1.89. The molecule has 2 aromatic rings. The minimum absolute atomic E-state index is 0.0361. The monoisotopic (exact) mass is 521 g/mol. The zero-order valence-corrected chi connectivity index (χ0v) is 26.3. The third-order valence-corrected chi connectivity index (χ3v) is 8.47. The van der Waals surface area contributed by atoms with Crippen LogP contribution >= 0.6 is 0 Å². The van der Waals surface area contributed by atoms with Crippen molar-refractivity contribution in [3.05, 3.63) is 64.7 Å². The Morgan fingerprint density at radius 2 is 1.45 bits per heavy atom. The fraction of sp³-hybridized carbons (Fsp3) is 0.629. The van der Waals surface area contributed by atoms with Crippen molar-refractivity contribution in [2.75, 3.05) is 20.2 Å². The SMILES string of the molecule is CCC(C)(C)c1ccc(OCCCC(=O)N(C)CC(C)Cc2ccc(C(C)(C)C)cc2)c(C(C)(C)CC)c1. The minimum atomic E-state index is 0.0361. The van der Waals surface area contributed by atoms with Gasteiger partial charge >= 0.3 is 0 Å². The van der Waals surface area contributed by atoms with E-state index in [4.69, 9.17) is 4.74 Å². The van der Waals surface area contributed by atoms with Crippen LogP contribution in [-0.4, -0.2) is 31.0 Å². The Morgan fingerprint density at radius 1 is 0.868 bits per heavy atom. The zero-order valence-electron chi connectivity index (χ0n) is 26.3. The summed E-state index contributed by atoms with van der Waals surface area (Å²) in [6.07, 6.45) is 4.35. The fourth-order valence-electron chi connectivity index (χ4n) is 4.77. The van der Waals surface area contributed by atoms with Crippen LogP contribution in [0.3, 0.4) is 0 Å². The highest BCUT2D eigenvalue weighted by molar-refractivity contribution is 5.75. The standard InChI is InChI=1S/C35H55NO2/c1-12-34(7,8)29-20-21-31(30(24-29)35(9,10)13-2)38-22-14-15-32(37)36(11)25-26(3)23-27-16-18-28(19-17-27)33(4,5)6/h16-21,24,26H,12-15,22-23,25H2,1-11H3. The first kappa shape index (κ1) is 31.9. The number of nitrogens with zero attached hydrogens (tertiary/aromatic N) is 1. The lowest BCUT2D eigenvalue weighted by molar-refractivity contribution is -0.130. The number of benzene rings is 2. The summed E-state index contributed by atoms with van der Waals surface area (Å²) >= 11 is 0. The van der Waals surface area contributed by atoms with Crippen molar-refractivity contribution in [1.82, 2.24) is 4.90 Å². The van der Waals surface area contributed by atoms with Crippen LogP contribution in [0, 0.1) is 5.92 Å².